The average Bonchev–Trinajstić information content (AvgIpc) is 2.36. The zero-order valence-electron chi connectivity index (χ0n) is 12.0. The first kappa shape index (κ1) is 15.4. The number of nitrogens with zero attached hydrogens (tertiary/aromatic N) is 1. The molecular formula is C15H25BrN2. The van der Waals surface area contributed by atoms with Gasteiger partial charge in [0.25, 0.3) is 0 Å². The molecule has 0 radical (unpaired) electrons. The van der Waals surface area contributed by atoms with Crippen LogP contribution in [-0.2, 0) is 0 Å². The molecule has 0 saturated heterocycles. The lowest BCUT2D eigenvalue weighted by molar-refractivity contribution is 0.486. The number of benzene rings is 1. The summed E-state index contributed by atoms with van der Waals surface area (Å²) in [5.74, 6) is 0.759. The summed E-state index contributed by atoms with van der Waals surface area (Å²) in [6.45, 7) is 11.0. The van der Waals surface area contributed by atoms with E-state index in [9.17, 15) is 0 Å². The van der Waals surface area contributed by atoms with Gasteiger partial charge in [0.1, 0.15) is 0 Å². The van der Waals surface area contributed by atoms with Crippen molar-refractivity contribution in [1.82, 2.24) is 0 Å². The van der Waals surface area contributed by atoms with Crippen molar-refractivity contribution in [2.24, 2.45) is 5.92 Å². The van der Waals surface area contributed by atoms with Crippen molar-refractivity contribution in [2.45, 2.75) is 40.5 Å². The minimum absolute atomic E-state index is 0.759. The molecule has 0 atom stereocenters. The van der Waals surface area contributed by atoms with E-state index in [2.05, 4.69) is 54.6 Å². The molecule has 0 bridgehead atoms. The van der Waals surface area contributed by atoms with Crippen molar-refractivity contribution in [3.63, 3.8) is 0 Å². The minimum Gasteiger partial charge on any atom is -0.398 e. The third-order valence-electron chi connectivity index (χ3n) is 3.69. The number of nitrogen functional groups attached to an aromatic ring is 1. The van der Waals surface area contributed by atoms with Gasteiger partial charge in [-0.1, -0.05) is 26.7 Å². The lowest BCUT2D eigenvalue weighted by atomic mass is 10.0. The third-order valence-corrected chi connectivity index (χ3v) is 4.33. The molecule has 0 aliphatic heterocycles. The highest BCUT2D eigenvalue weighted by atomic mass is 79.9. The van der Waals surface area contributed by atoms with E-state index in [1.54, 1.807) is 0 Å². The summed E-state index contributed by atoms with van der Waals surface area (Å²) < 4.78 is 1.10. The zero-order valence-corrected chi connectivity index (χ0v) is 13.5. The van der Waals surface area contributed by atoms with E-state index >= 15 is 0 Å². The fraction of sp³-hybridized carbons (Fsp3) is 0.600. The quantitative estimate of drug-likeness (QED) is 0.778. The fourth-order valence-corrected chi connectivity index (χ4v) is 2.79. The Morgan fingerprint density at radius 2 is 1.83 bits per heavy atom. The Balaban J connectivity index is 2.98. The number of halogens is 1. The Hall–Kier alpha value is -0.700. The topological polar surface area (TPSA) is 29.3 Å². The summed E-state index contributed by atoms with van der Waals surface area (Å²) in [7, 11) is 0. The lowest BCUT2D eigenvalue weighted by Gasteiger charge is -2.29. The molecule has 0 fully saturated rings. The van der Waals surface area contributed by atoms with Gasteiger partial charge in [0.05, 0.1) is 5.69 Å². The van der Waals surface area contributed by atoms with Gasteiger partial charge in [0.15, 0.2) is 0 Å². The van der Waals surface area contributed by atoms with E-state index in [-0.39, 0.29) is 0 Å². The highest BCUT2D eigenvalue weighted by Crippen LogP contribution is 2.31. The van der Waals surface area contributed by atoms with Gasteiger partial charge in [-0.25, -0.2) is 0 Å². The van der Waals surface area contributed by atoms with Crippen LogP contribution in [0.2, 0.25) is 0 Å². The number of hydrogen-bond donors (Lipinski definition) is 1. The molecule has 1 rings (SSSR count). The zero-order chi connectivity index (χ0) is 13.7. The van der Waals surface area contributed by atoms with Crippen LogP contribution in [0.25, 0.3) is 0 Å². The lowest BCUT2D eigenvalue weighted by Crippen LogP contribution is -2.29. The third kappa shape index (κ3) is 3.64. The van der Waals surface area contributed by atoms with Crippen LogP contribution in [0.3, 0.4) is 0 Å². The van der Waals surface area contributed by atoms with E-state index in [0.29, 0.717) is 0 Å². The molecule has 0 heterocycles. The predicted molar refractivity (Wildman–Crippen MR) is 85.3 cm³/mol. The van der Waals surface area contributed by atoms with Gasteiger partial charge in [0, 0.05) is 23.2 Å². The van der Waals surface area contributed by atoms with Crippen molar-refractivity contribution in [3.05, 3.63) is 22.2 Å². The van der Waals surface area contributed by atoms with Crippen LogP contribution in [0.5, 0.6) is 0 Å². The van der Waals surface area contributed by atoms with Crippen molar-refractivity contribution < 1.29 is 0 Å². The molecule has 0 aliphatic carbocycles. The van der Waals surface area contributed by atoms with Crippen molar-refractivity contribution in [1.29, 1.82) is 0 Å². The van der Waals surface area contributed by atoms with Gasteiger partial charge in [-0.2, -0.15) is 0 Å². The molecule has 2 N–H and O–H groups in total. The second-order valence-corrected chi connectivity index (χ2v) is 5.74. The summed E-state index contributed by atoms with van der Waals surface area (Å²) in [6, 6.07) is 4.20. The maximum Gasteiger partial charge on any atom is 0.0514 e. The number of rotatable bonds is 6. The summed E-state index contributed by atoms with van der Waals surface area (Å²) in [6.07, 6.45) is 2.47. The van der Waals surface area contributed by atoms with Gasteiger partial charge in [-0.15, -0.1) is 0 Å². The molecule has 102 valence electrons. The molecule has 0 aromatic heterocycles. The monoisotopic (exact) mass is 312 g/mol. The molecule has 1 aromatic rings. The molecule has 1 aromatic carbocycles. The summed E-state index contributed by atoms with van der Waals surface area (Å²) >= 11 is 3.63. The second-order valence-electron chi connectivity index (χ2n) is 4.88. The number of anilines is 2. The van der Waals surface area contributed by atoms with Crippen molar-refractivity contribution in [2.75, 3.05) is 23.7 Å². The van der Waals surface area contributed by atoms with Gasteiger partial charge in [0.2, 0.25) is 0 Å². The highest BCUT2D eigenvalue weighted by Gasteiger charge is 2.14. The number of hydrogen-bond acceptors (Lipinski definition) is 2. The van der Waals surface area contributed by atoms with Gasteiger partial charge >= 0.3 is 0 Å². The smallest absolute Gasteiger partial charge is 0.0514 e. The first-order valence-corrected chi connectivity index (χ1v) is 7.63. The fourth-order valence-electron chi connectivity index (χ4n) is 2.18. The van der Waals surface area contributed by atoms with E-state index < -0.39 is 0 Å². The Morgan fingerprint density at radius 1 is 1.22 bits per heavy atom. The highest BCUT2D eigenvalue weighted by molar-refractivity contribution is 9.10. The summed E-state index contributed by atoms with van der Waals surface area (Å²) in [4.78, 5) is 2.44. The first-order valence-electron chi connectivity index (χ1n) is 6.83. The standard InChI is InChI=1S/C15H25BrN2/c1-5-12(6-2)10-18(7-3)15-8-11(4)14(17)9-13(15)16/h8-9,12H,5-7,10,17H2,1-4H3. The van der Waals surface area contributed by atoms with Gasteiger partial charge in [-0.05, 0) is 53.4 Å². The maximum absolute atomic E-state index is 5.94. The first-order chi connectivity index (χ1) is 8.53. The molecule has 3 heteroatoms. The summed E-state index contributed by atoms with van der Waals surface area (Å²) in [5, 5.41) is 0. The normalized spacial score (nSPS) is 11.0. The van der Waals surface area contributed by atoms with E-state index in [4.69, 9.17) is 5.73 Å². The molecule has 0 amide bonds. The van der Waals surface area contributed by atoms with Crippen LogP contribution in [0.1, 0.15) is 39.2 Å². The van der Waals surface area contributed by atoms with Crippen molar-refractivity contribution >= 4 is 27.3 Å². The molecular weight excluding hydrogens is 288 g/mol. The second kappa shape index (κ2) is 7.03. The van der Waals surface area contributed by atoms with E-state index in [1.165, 1.54) is 18.5 Å². The van der Waals surface area contributed by atoms with Crippen LogP contribution < -0.4 is 10.6 Å². The van der Waals surface area contributed by atoms with Crippen LogP contribution >= 0.6 is 15.9 Å². The van der Waals surface area contributed by atoms with E-state index in [0.717, 1.165) is 34.7 Å². The Kier molecular flexibility index (Phi) is 6.00. The van der Waals surface area contributed by atoms with Crippen LogP contribution in [0.4, 0.5) is 11.4 Å². The Bertz CT molecular complexity index is 386. The van der Waals surface area contributed by atoms with Crippen LogP contribution in [0, 0.1) is 12.8 Å². The molecule has 0 saturated carbocycles. The van der Waals surface area contributed by atoms with Gasteiger partial charge < -0.3 is 10.6 Å². The van der Waals surface area contributed by atoms with Crippen molar-refractivity contribution in [3.8, 4) is 0 Å². The molecule has 18 heavy (non-hydrogen) atoms. The Labute approximate surface area is 120 Å². The summed E-state index contributed by atoms with van der Waals surface area (Å²) in [5.41, 5.74) is 9.20. The van der Waals surface area contributed by atoms with Crippen LogP contribution in [0.15, 0.2) is 16.6 Å². The Morgan fingerprint density at radius 3 is 2.33 bits per heavy atom. The number of aryl methyl sites for hydroxylation is 1. The molecule has 2 nitrogen and oxygen atoms in total. The SMILES string of the molecule is CCC(CC)CN(CC)c1cc(C)c(N)cc1Br. The maximum atomic E-state index is 5.94. The molecule has 0 unspecified atom stereocenters. The number of nitrogens with two attached hydrogens (primary N) is 1. The van der Waals surface area contributed by atoms with E-state index in [1.807, 2.05) is 6.07 Å². The average molecular weight is 313 g/mol. The molecule has 0 spiro atoms. The largest absolute Gasteiger partial charge is 0.398 e. The predicted octanol–water partition coefficient (Wildman–Crippen LogP) is 4.60. The minimum atomic E-state index is 0.759. The van der Waals surface area contributed by atoms with Crippen LogP contribution in [-0.4, -0.2) is 13.1 Å². The molecule has 0 aliphatic rings. The van der Waals surface area contributed by atoms with Gasteiger partial charge in [-0.3, -0.25) is 0 Å².